The second-order valence-corrected chi connectivity index (χ2v) is 8.83. The van der Waals surface area contributed by atoms with Crippen LogP contribution in [-0.4, -0.2) is 46.0 Å². The van der Waals surface area contributed by atoms with E-state index >= 15 is 0 Å². The van der Waals surface area contributed by atoms with Gasteiger partial charge in [0.05, 0.1) is 23.5 Å². The van der Waals surface area contributed by atoms with Gasteiger partial charge in [0.1, 0.15) is 5.60 Å². The van der Waals surface area contributed by atoms with Crippen molar-refractivity contribution in [3.8, 4) is 0 Å². The first-order chi connectivity index (χ1) is 13.5. The first kappa shape index (κ1) is 18.0. The summed E-state index contributed by atoms with van der Waals surface area (Å²) in [6.45, 7) is 2.71. The quantitative estimate of drug-likeness (QED) is 0.856. The molecule has 6 nitrogen and oxygen atoms in total. The van der Waals surface area contributed by atoms with E-state index in [0.717, 1.165) is 49.5 Å². The summed E-state index contributed by atoms with van der Waals surface area (Å²) in [5.74, 6) is 0.558. The van der Waals surface area contributed by atoms with Crippen LogP contribution in [0.2, 0.25) is 5.02 Å². The SMILES string of the molecule is Cn1ncc(Cl)c1CC1c2ccccc2CCN1CC1CC2(CNC(=O)O2)C1. The molecule has 1 amide bonds. The van der Waals surface area contributed by atoms with E-state index in [-0.39, 0.29) is 11.7 Å². The highest BCUT2D eigenvalue weighted by atomic mass is 35.5. The van der Waals surface area contributed by atoms with E-state index < -0.39 is 0 Å². The molecule has 3 aliphatic rings. The summed E-state index contributed by atoms with van der Waals surface area (Å²) in [7, 11) is 1.96. The third-order valence-electron chi connectivity index (χ3n) is 6.60. The van der Waals surface area contributed by atoms with Crippen molar-refractivity contribution in [1.29, 1.82) is 0 Å². The van der Waals surface area contributed by atoms with Crippen LogP contribution in [0.5, 0.6) is 0 Å². The first-order valence-corrected chi connectivity index (χ1v) is 10.4. The Kier molecular flexibility index (Phi) is 4.36. The number of rotatable bonds is 4. The first-order valence-electron chi connectivity index (χ1n) is 9.98. The monoisotopic (exact) mass is 400 g/mol. The van der Waals surface area contributed by atoms with E-state index in [9.17, 15) is 4.79 Å². The summed E-state index contributed by atoms with van der Waals surface area (Å²) in [5.41, 5.74) is 3.65. The zero-order chi connectivity index (χ0) is 19.3. The number of nitrogens with zero attached hydrogens (tertiary/aromatic N) is 3. The van der Waals surface area contributed by atoms with Crippen LogP contribution in [0, 0.1) is 5.92 Å². The molecule has 1 aromatic heterocycles. The van der Waals surface area contributed by atoms with Gasteiger partial charge in [0, 0.05) is 32.6 Å². The minimum Gasteiger partial charge on any atom is -0.441 e. The smallest absolute Gasteiger partial charge is 0.407 e. The van der Waals surface area contributed by atoms with Crippen LogP contribution >= 0.6 is 11.6 Å². The van der Waals surface area contributed by atoms with Crippen LogP contribution in [0.3, 0.4) is 0 Å². The van der Waals surface area contributed by atoms with E-state index in [1.807, 2.05) is 11.7 Å². The average Bonchev–Trinajstić information content (AvgIpc) is 3.20. The molecular formula is C21H25ClN4O2. The molecule has 2 aromatic rings. The second-order valence-electron chi connectivity index (χ2n) is 8.43. The number of hydrogen-bond donors (Lipinski definition) is 1. The summed E-state index contributed by atoms with van der Waals surface area (Å²) in [6.07, 6.45) is 5.27. The summed E-state index contributed by atoms with van der Waals surface area (Å²) in [4.78, 5) is 14.0. The van der Waals surface area contributed by atoms with Gasteiger partial charge in [0.15, 0.2) is 0 Å². The zero-order valence-corrected chi connectivity index (χ0v) is 16.8. The van der Waals surface area contributed by atoms with Gasteiger partial charge in [-0.2, -0.15) is 5.10 Å². The zero-order valence-electron chi connectivity index (χ0n) is 16.0. The number of hydrogen-bond acceptors (Lipinski definition) is 4. The molecule has 2 aliphatic heterocycles. The second kappa shape index (κ2) is 6.78. The fraction of sp³-hybridized carbons (Fsp3) is 0.524. The van der Waals surface area contributed by atoms with Crippen LogP contribution in [0.15, 0.2) is 30.5 Å². The van der Waals surface area contributed by atoms with Gasteiger partial charge in [0.2, 0.25) is 0 Å². The molecule has 148 valence electrons. The van der Waals surface area contributed by atoms with E-state index in [4.69, 9.17) is 16.3 Å². The van der Waals surface area contributed by atoms with Crippen molar-refractivity contribution in [2.75, 3.05) is 19.6 Å². The Balaban J connectivity index is 1.35. The van der Waals surface area contributed by atoms with Crippen LogP contribution in [-0.2, 0) is 24.6 Å². The lowest BCUT2D eigenvalue weighted by Gasteiger charge is -2.47. The molecule has 1 atom stereocenters. The van der Waals surface area contributed by atoms with E-state index in [2.05, 4.69) is 39.6 Å². The Labute approximate surface area is 169 Å². The number of halogens is 1. The molecule has 1 aromatic carbocycles. The summed E-state index contributed by atoms with van der Waals surface area (Å²) in [5, 5.41) is 7.85. The molecular weight excluding hydrogens is 376 g/mol. The normalized spacial score (nSPS) is 29.3. The minimum absolute atomic E-state index is 0.254. The van der Waals surface area contributed by atoms with Crippen molar-refractivity contribution in [3.63, 3.8) is 0 Å². The third-order valence-corrected chi connectivity index (χ3v) is 6.91. The predicted octanol–water partition coefficient (Wildman–Crippen LogP) is 3.10. The number of aryl methyl sites for hydroxylation is 1. The van der Waals surface area contributed by atoms with Gasteiger partial charge in [-0.3, -0.25) is 9.58 Å². The summed E-state index contributed by atoms with van der Waals surface area (Å²) < 4.78 is 7.39. The maximum atomic E-state index is 11.4. The number of nitrogens with one attached hydrogen (secondary N) is 1. The largest absolute Gasteiger partial charge is 0.441 e. The van der Waals surface area contributed by atoms with Gasteiger partial charge in [-0.1, -0.05) is 35.9 Å². The standard InChI is InChI=1S/C21H25ClN4O2/c1-25-19(17(22)11-24-25)8-18-16-5-3-2-4-15(16)6-7-26(18)12-14-9-21(10-14)13-23-20(27)28-21/h2-5,11,14,18H,6-10,12-13H2,1H3,(H,23,27). The number of ether oxygens (including phenoxy) is 1. The highest BCUT2D eigenvalue weighted by Crippen LogP contribution is 2.44. The molecule has 1 N–H and O–H groups in total. The van der Waals surface area contributed by atoms with Crippen LogP contribution in [0.1, 0.15) is 35.7 Å². The fourth-order valence-corrected chi connectivity index (χ4v) is 5.44. The Morgan fingerprint density at radius 1 is 1.36 bits per heavy atom. The van der Waals surface area contributed by atoms with Gasteiger partial charge in [-0.15, -0.1) is 0 Å². The van der Waals surface area contributed by atoms with Crippen LogP contribution in [0.25, 0.3) is 0 Å². The lowest BCUT2D eigenvalue weighted by molar-refractivity contribution is -0.0596. The molecule has 2 fully saturated rings. The molecule has 28 heavy (non-hydrogen) atoms. The summed E-state index contributed by atoms with van der Waals surface area (Å²) >= 11 is 6.42. The molecule has 3 heterocycles. The molecule has 7 heteroatoms. The molecule has 1 aliphatic carbocycles. The maximum absolute atomic E-state index is 11.4. The van der Waals surface area contributed by atoms with Gasteiger partial charge in [0.25, 0.3) is 0 Å². The minimum atomic E-state index is -0.269. The molecule has 0 bridgehead atoms. The topological polar surface area (TPSA) is 59.4 Å². The average molecular weight is 401 g/mol. The molecule has 1 saturated heterocycles. The predicted molar refractivity (Wildman–Crippen MR) is 106 cm³/mol. The van der Waals surface area contributed by atoms with Crippen molar-refractivity contribution in [2.45, 2.75) is 37.3 Å². The third kappa shape index (κ3) is 3.08. The number of carbonyl (C=O) groups excluding carboxylic acids is 1. The van der Waals surface area contributed by atoms with Crippen molar-refractivity contribution >= 4 is 17.7 Å². The van der Waals surface area contributed by atoms with Crippen molar-refractivity contribution in [2.24, 2.45) is 13.0 Å². The van der Waals surface area contributed by atoms with Gasteiger partial charge in [-0.05, 0) is 36.3 Å². The van der Waals surface area contributed by atoms with Gasteiger partial charge < -0.3 is 10.1 Å². The Hall–Kier alpha value is -2.05. The highest BCUT2D eigenvalue weighted by Gasteiger charge is 2.51. The maximum Gasteiger partial charge on any atom is 0.407 e. The molecule has 1 saturated carbocycles. The van der Waals surface area contributed by atoms with Gasteiger partial charge in [-0.25, -0.2) is 4.79 Å². The van der Waals surface area contributed by atoms with Crippen molar-refractivity contribution < 1.29 is 9.53 Å². The van der Waals surface area contributed by atoms with E-state index in [0.29, 0.717) is 18.5 Å². The Bertz CT molecular complexity index is 886. The molecule has 1 unspecified atom stereocenters. The number of carbonyl (C=O) groups is 1. The Morgan fingerprint density at radius 2 is 2.18 bits per heavy atom. The number of benzene rings is 1. The number of aromatic nitrogens is 2. The lowest BCUT2D eigenvalue weighted by Crippen LogP contribution is -2.51. The molecule has 5 rings (SSSR count). The number of alkyl carbamates (subject to hydrolysis) is 1. The molecule has 1 spiro atoms. The number of amides is 1. The fourth-order valence-electron chi connectivity index (χ4n) is 5.19. The van der Waals surface area contributed by atoms with Crippen LogP contribution in [0.4, 0.5) is 4.79 Å². The van der Waals surface area contributed by atoms with Crippen molar-refractivity contribution in [1.82, 2.24) is 20.0 Å². The van der Waals surface area contributed by atoms with Gasteiger partial charge >= 0.3 is 6.09 Å². The summed E-state index contributed by atoms with van der Waals surface area (Å²) in [6, 6.07) is 9.04. The van der Waals surface area contributed by atoms with E-state index in [1.54, 1.807) is 6.20 Å². The van der Waals surface area contributed by atoms with Crippen molar-refractivity contribution in [3.05, 3.63) is 52.3 Å². The highest BCUT2D eigenvalue weighted by molar-refractivity contribution is 6.31. The van der Waals surface area contributed by atoms with E-state index in [1.165, 1.54) is 11.1 Å². The van der Waals surface area contributed by atoms with Crippen LogP contribution < -0.4 is 5.32 Å². The molecule has 0 radical (unpaired) electrons. The number of fused-ring (bicyclic) bond motifs is 1. The lowest BCUT2D eigenvalue weighted by atomic mass is 9.70. The Morgan fingerprint density at radius 3 is 2.89 bits per heavy atom.